The van der Waals surface area contributed by atoms with Crippen LogP contribution >= 0.6 is 0 Å². The molecule has 6 nitrogen and oxygen atoms in total. The molecule has 3 aliphatic heterocycles. The van der Waals surface area contributed by atoms with Crippen molar-refractivity contribution in [2.24, 2.45) is 0 Å². The first-order valence-electron chi connectivity index (χ1n) is 10.2. The number of aromatic nitrogens is 3. The Labute approximate surface area is 175 Å². The van der Waals surface area contributed by atoms with Gasteiger partial charge in [-0.2, -0.15) is 10.1 Å². The van der Waals surface area contributed by atoms with Gasteiger partial charge in [0.05, 0.1) is 12.2 Å². The maximum Gasteiger partial charge on any atom is 0.264 e. The molecule has 0 amide bonds. The van der Waals surface area contributed by atoms with E-state index in [0.717, 1.165) is 5.56 Å². The molecule has 9 heteroatoms. The summed E-state index contributed by atoms with van der Waals surface area (Å²) < 4.78 is 54.4. The molecular weight excluding hydrogens is 409 g/mol. The number of halogens is 3. The van der Waals surface area contributed by atoms with E-state index in [9.17, 15) is 13.2 Å². The second-order valence-corrected chi connectivity index (χ2v) is 8.36. The molecule has 2 saturated heterocycles. The molecule has 3 unspecified atom stereocenters. The number of pyridine rings is 1. The highest BCUT2D eigenvalue weighted by Crippen LogP contribution is 2.42. The van der Waals surface area contributed by atoms with Gasteiger partial charge in [0, 0.05) is 47.8 Å². The molecule has 3 aromatic rings. The van der Waals surface area contributed by atoms with Gasteiger partial charge >= 0.3 is 0 Å². The number of nitrogens with zero attached hydrogens (tertiary/aromatic N) is 2. The summed E-state index contributed by atoms with van der Waals surface area (Å²) in [6.45, 7) is 0.244. The zero-order valence-corrected chi connectivity index (χ0v) is 16.4. The van der Waals surface area contributed by atoms with E-state index in [1.165, 1.54) is 6.07 Å². The largest absolute Gasteiger partial charge is 0.474 e. The van der Waals surface area contributed by atoms with Crippen LogP contribution in [0.3, 0.4) is 0 Å². The Kier molecular flexibility index (Phi) is 4.05. The molecular formula is C22H19F3N4O2. The number of aromatic amines is 1. The predicted molar refractivity (Wildman–Crippen MR) is 105 cm³/mol. The van der Waals surface area contributed by atoms with Gasteiger partial charge in [-0.15, -0.1) is 0 Å². The lowest BCUT2D eigenvalue weighted by Crippen LogP contribution is -2.46. The third-order valence-corrected chi connectivity index (χ3v) is 6.29. The minimum atomic E-state index is -2.70. The average molecular weight is 428 g/mol. The molecule has 0 radical (unpaired) electrons. The maximum atomic E-state index is 14.8. The summed E-state index contributed by atoms with van der Waals surface area (Å²) in [7, 11) is 0. The van der Waals surface area contributed by atoms with E-state index in [1.807, 2.05) is 0 Å². The van der Waals surface area contributed by atoms with Gasteiger partial charge in [-0.1, -0.05) is 0 Å². The molecule has 0 spiro atoms. The second-order valence-electron chi connectivity index (χ2n) is 8.36. The Morgan fingerprint density at radius 1 is 1.13 bits per heavy atom. The van der Waals surface area contributed by atoms with Crippen molar-refractivity contribution in [3.63, 3.8) is 0 Å². The third kappa shape index (κ3) is 3.15. The zero-order chi connectivity index (χ0) is 21.2. The highest BCUT2D eigenvalue weighted by atomic mass is 19.3. The van der Waals surface area contributed by atoms with Crippen molar-refractivity contribution >= 4 is 0 Å². The van der Waals surface area contributed by atoms with Crippen LogP contribution in [-0.2, 0) is 6.61 Å². The first-order valence-corrected chi connectivity index (χ1v) is 10.2. The molecule has 3 atom stereocenters. The predicted octanol–water partition coefficient (Wildman–Crippen LogP) is 4.08. The van der Waals surface area contributed by atoms with E-state index in [1.54, 1.807) is 30.6 Å². The summed E-state index contributed by atoms with van der Waals surface area (Å²) in [5.41, 5.74) is 3.34. The van der Waals surface area contributed by atoms with Crippen molar-refractivity contribution in [2.75, 3.05) is 0 Å². The molecule has 2 bridgehead atoms. The lowest BCUT2D eigenvalue weighted by molar-refractivity contribution is -0.0195. The number of piperidine rings is 1. The van der Waals surface area contributed by atoms with Crippen LogP contribution in [0.4, 0.5) is 13.2 Å². The lowest BCUT2D eigenvalue weighted by Gasteiger charge is -2.30. The molecule has 6 rings (SSSR count). The summed E-state index contributed by atoms with van der Waals surface area (Å²) in [5.74, 6) is -2.38. The van der Waals surface area contributed by atoms with Crippen LogP contribution in [0.25, 0.3) is 22.3 Å². The van der Waals surface area contributed by atoms with Gasteiger partial charge in [-0.3, -0.25) is 5.10 Å². The summed E-state index contributed by atoms with van der Waals surface area (Å²) in [5, 5.41) is 9.52. The van der Waals surface area contributed by atoms with Gasteiger partial charge in [-0.05, 0) is 35.7 Å². The smallest absolute Gasteiger partial charge is 0.264 e. The molecule has 2 aromatic heterocycles. The second kappa shape index (κ2) is 6.71. The Morgan fingerprint density at radius 3 is 2.84 bits per heavy atom. The number of fused-ring (bicyclic) bond motifs is 5. The molecule has 3 aliphatic rings. The highest BCUT2D eigenvalue weighted by Gasteiger charge is 2.53. The standard InChI is InChI=1S/C22H19F3N4O2/c23-18-6-16-11(3-17(18)12-8-26-27-9-12)10-30-21-15(16)1-2-20(29-21)31-14-4-13-7-22(24,25)19(5-14)28-13/h1-3,6,8-9,13-14,19,28H,4-5,7,10H2,(H,26,27). The molecule has 5 heterocycles. The SMILES string of the molecule is Fc1cc2c(cc1-c1cn[nH]c1)COc1nc(OC3CC4CC(F)(F)C(C3)N4)ccc1-2. The molecule has 2 fully saturated rings. The number of hydrogen-bond donors (Lipinski definition) is 2. The number of alkyl halides is 2. The van der Waals surface area contributed by atoms with E-state index >= 15 is 0 Å². The first kappa shape index (κ1) is 18.7. The van der Waals surface area contributed by atoms with Gasteiger partial charge in [0.1, 0.15) is 18.5 Å². The Balaban J connectivity index is 1.26. The zero-order valence-electron chi connectivity index (χ0n) is 16.4. The van der Waals surface area contributed by atoms with Crippen molar-refractivity contribution in [3.05, 3.63) is 48.0 Å². The molecule has 0 saturated carbocycles. The maximum absolute atomic E-state index is 14.8. The number of H-pyrrole nitrogens is 1. The number of benzene rings is 1. The fourth-order valence-electron chi connectivity index (χ4n) is 4.83. The quantitative estimate of drug-likeness (QED) is 0.658. The summed E-state index contributed by atoms with van der Waals surface area (Å²) in [4.78, 5) is 4.43. The topological polar surface area (TPSA) is 72.1 Å². The molecule has 0 aliphatic carbocycles. The molecule has 1 aromatic carbocycles. The van der Waals surface area contributed by atoms with Crippen LogP contribution in [0.15, 0.2) is 36.7 Å². The van der Waals surface area contributed by atoms with Crippen LogP contribution in [0.2, 0.25) is 0 Å². The van der Waals surface area contributed by atoms with Gasteiger partial charge in [0.25, 0.3) is 5.92 Å². The Bertz CT molecular complexity index is 1150. The third-order valence-electron chi connectivity index (χ3n) is 6.29. The van der Waals surface area contributed by atoms with Crippen LogP contribution in [-0.4, -0.2) is 39.3 Å². The first-order chi connectivity index (χ1) is 15.0. The number of hydrogen-bond acceptors (Lipinski definition) is 5. The summed E-state index contributed by atoms with van der Waals surface area (Å²) in [6, 6.07) is 5.59. The fourth-order valence-corrected chi connectivity index (χ4v) is 4.83. The fraction of sp³-hybridized carbons (Fsp3) is 0.364. The minimum Gasteiger partial charge on any atom is -0.474 e. The van der Waals surface area contributed by atoms with E-state index in [4.69, 9.17) is 9.47 Å². The van der Waals surface area contributed by atoms with Crippen LogP contribution < -0.4 is 14.8 Å². The number of ether oxygens (including phenoxy) is 2. The van der Waals surface area contributed by atoms with E-state index in [0.29, 0.717) is 40.4 Å². The highest BCUT2D eigenvalue weighted by molar-refractivity contribution is 5.77. The van der Waals surface area contributed by atoms with Crippen LogP contribution in [0, 0.1) is 5.82 Å². The number of rotatable bonds is 3. The summed E-state index contributed by atoms with van der Waals surface area (Å²) in [6.07, 6.45) is 3.46. The Morgan fingerprint density at radius 2 is 2.03 bits per heavy atom. The van der Waals surface area contributed by atoms with E-state index < -0.39 is 12.0 Å². The van der Waals surface area contributed by atoms with E-state index in [2.05, 4.69) is 20.5 Å². The number of nitrogens with one attached hydrogen (secondary N) is 2. The van der Waals surface area contributed by atoms with Gasteiger partial charge < -0.3 is 14.8 Å². The van der Waals surface area contributed by atoms with Gasteiger partial charge in [0.15, 0.2) is 0 Å². The minimum absolute atomic E-state index is 0.151. The van der Waals surface area contributed by atoms with Crippen LogP contribution in [0.5, 0.6) is 11.8 Å². The van der Waals surface area contributed by atoms with Crippen molar-refractivity contribution < 1.29 is 22.6 Å². The van der Waals surface area contributed by atoms with Gasteiger partial charge in [0.2, 0.25) is 11.8 Å². The molecule has 160 valence electrons. The summed E-state index contributed by atoms with van der Waals surface area (Å²) >= 11 is 0. The van der Waals surface area contributed by atoms with Crippen molar-refractivity contribution in [1.82, 2.24) is 20.5 Å². The Hall–Kier alpha value is -3.07. The van der Waals surface area contributed by atoms with Gasteiger partial charge in [-0.25, -0.2) is 13.2 Å². The average Bonchev–Trinajstić information content (AvgIpc) is 3.33. The van der Waals surface area contributed by atoms with Crippen molar-refractivity contribution in [2.45, 2.75) is 50.0 Å². The van der Waals surface area contributed by atoms with Crippen molar-refractivity contribution in [1.29, 1.82) is 0 Å². The molecule has 2 N–H and O–H groups in total. The van der Waals surface area contributed by atoms with Crippen LogP contribution in [0.1, 0.15) is 24.8 Å². The molecule has 31 heavy (non-hydrogen) atoms. The lowest BCUT2D eigenvalue weighted by atomic mass is 9.95. The van der Waals surface area contributed by atoms with E-state index in [-0.39, 0.29) is 37.4 Å². The normalized spacial score (nSPS) is 25.5. The van der Waals surface area contributed by atoms with Crippen molar-refractivity contribution in [3.8, 4) is 34.0 Å². The monoisotopic (exact) mass is 428 g/mol.